The molecule has 0 radical (unpaired) electrons. The minimum Gasteiger partial charge on any atom is -0.379 e. The van der Waals surface area contributed by atoms with Crippen LogP contribution >= 0.6 is 0 Å². The quantitative estimate of drug-likeness (QED) is 0.609. The summed E-state index contributed by atoms with van der Waals surface area (Å²) in [6.07, 6.45) is 1.23. The summed E-state index contributed by atoms with van der Waals surface area (Å²) in [7, 11) is 2.21. The van der Waals surface area contributed by atoms with Gasteiger partial charge in [0.15, 0.2) is 0 Å². The summed E-state index contributed by atoms with van der Waals surface area (Å²) in [5.74, 6) is 0. The minimum atomic E-state index is 0.666. The van der Waals surface area contributed by atoms with Gasteiger partial charge in [0.05, 0.1) is 13.2 Å². The van der Waals surface area contributed by atoms with Crippen molar-refractivity contribution < 1.29 is 4.74 Å². The number of rotatable bonds is 6. The van der Waals surface area contributed by atoms with Gasteiger partial charge < -0.3 is 20.3 Å². The second kappa shape index (κ2) is 8.07. The first-order chi connectivity index (χ1) is 8.84. The van der Waals surface area contributed by atoms with Gasteiger partial charge in [0.25, 0.3) is 0 Å². The van der Waals surface area contributed by atoms with Gasteiger partial charge in [-0.25, -0.2) is 0 Å². The van der Waals surface area contributed by atoms with Crippen LogP contribution in [0.25, 0.3) is 0 Å². The van der Waals surface area contributed by atoms with Crippen molar-refractivity contribution in [2.75, 3.05) is 72.6 Å². The molecule has 5 heteroatoms. The molecule has 2 N–H and O–H groups in total. The van der Waals surface area contributed by atoms with E-state index in [1.807, 2.05) is 0 Å². The lowest BCUT2D eigenvalue weighted by Crippen LogP contribution is -2.50. The lowest BCUT2D eigenvalue weighted by molar-refractivity contribution is 0.0384. The Balaban J connectivity index is 1.45. The lowest BCUT2D eigenvalue weighted by atomic mass is 10.1. The molecule has 0 aromatic heterocycles. The molecule has 0 saturated carbocycles. The highest BCUT2D eigenvalue weighted by atomic mass is 16.5. The van der Waals surface area contributed by atoms with Crippen LogP contribution in [0.2, 0.25) is 0 Å². The van der Waals surface area contributed by atoms with Crippen LogP contribution in [-0.4, -0.2) is 88.5 Å². The van der Waals surface area contributed by atoms with Crippen molar-refractivity contribution >= 4 is 0 Å². The molecule has 2 heterocycles. The highest BCUT2D eigenvalue weighted by molar-refractivity contribution is 4.77. The summed E-state index contributed by atoms with van der Waals surface area (Å²) in [5.41, 5.74) is 0. The Bertz CT molecular complexity index is 221. The molecule has 0 aromatic carbocycles. The normalized spacial score (nSPS) is 27.5. The summed E-state index contributed by atoms with van der Waals surface area (Å²) < 4.78 is 5.34. The largest absolute Gasteiger partial charge is 0.379 e. The van der Waals surface area contributed by atoms with Crippen LogP contribution in [0, 0.1) is 0 Å². The van der Waals surface area contributed by atoms with Crippen LogP contribution in [0.5, 0.6) is 0 Å². The molecule has 2 aliphatic rings. The maximum absolute atomic E-state index is 5.34. The predicted octanol–water partition coefficient (Wildman–Crippen LogP) is -0.798. The van der Waals surface area contributed by atoms with Crippen molar-refractivity contribution in [3.63, 3.8) is 0 Å². The Kier molecular flexibility index (Phi) is 6.37. The summed E-state index contributed by atoms with van der Waals surface area (Å²) in [6, 6.07) is 0.666. The number of hydrogen-bond acceptors (Lipinski definition) is 5. The van der Waals surface area contributed by atoms with Gasteiger partial charge in [0, 0.05) is 51.9 Å². The average molecular weight is 256 g/mol. The highest BCUT2D eigenvalue weighted by Crippen LogP contribution is 1.99. The molecule has 0 bridgehead atoms. The molecule has 5 nitrogen and oxygen atoms in total. The maximum atomic E-state index is 5.34. The Morgan fingerprint density at radius 3 is 2.83 bits per heavy atom. The van der Waals surface area contributed by atoms with E-state index in [2.05, 4.69) is 27.5 Å². The van der Waals surface area contributed by atoms with Crippen LogP contribution in [0.3, 0.4) is 0 Å². The minimum absolute atomic E-state index is 0.666. The summed E-state index contributed by atoms with van der Waals surface area (Å²) in [5, 5.41) is 7.13. The van der Waals surface area contributed by atoms with E-state index >= 15 is 0 Å². The number of ether oxygens (including phenoxy) is 1. The van der Waals surface area contributed by atoms with Gasteiger partial charge in [-0.2, -0.15) is 0 Å². The van der Waals surface area contributed by atoms with Gasteiger partial charge >= 0.3 is 0 Å². The molecular formula is C13H28N4O. The molecule has 0 spiro atoms. The lowest BCUT2D eigenvalue weighted by Gasteiger charge is -2.31. The maximum Gasteiger partial charge on any atom is 0.0594 e. The van der Waals surface area contributed by atoms with Crippen molar-refractivity contribution in [3.8, 4) is 0 Å². The summed E-state index contributed by atoms with van der Waals surface area (Å²) in [4.78, 5) is 4.89. The molecule has 1 unspecified atom stereocenters. The van der Waals surface area contributed by atoms with Crippen molar-refractivity contribution in [1.29, 1.82) is 0 Å². The number of nitrogens with zero attached hydrogens (tertiary/aromatic N) is 2. The predicted molar refractivity (Wildman–Crippen MR) is 74.0 cm³/mol. The van der Waals surface area contributed by atoms with E-state index in [1.54, 1.807) is 0 Å². The molecule has 0 amide bonds. The van der Waals surface area contributed by atoms with Crippen molar-refractivity contribution in [3.05, 3.63) is 0 Å². The van der Waals surface area contributed by atoms with Crippen LogP contribution in [-0.2, 0) is 4.74 Å². The Morgan fingerprint density at radius 2 is 2.06 bits per heavy atom. The summed E-state index contributed by atoms with van der Waals surface area (Å²) in [6.45, 7) is 10.9. The molecule has 2 aliphatic heterocycles. The number of morpholine rings is 1. The van der Waals surface area contributed by atoms with Crippen LogP contribution in [0.1, 0.15) is 6.42 Å². The van der Waals surface area contributed by atoms with E-state index in [4.69, 9.17) is 4.74 Å². The Hall–Kier alpha value is -0.200. The number of nitrogens with one attached hydrogen (secondary N) is 2. The van der Waals surface area contributed by atoms with Crippen molar-refractivity contribution in [2.24, 2.45) is 0 Å². The van der Waals surface area contributed by atoms with Crippen LogP contribution in [0.15, 0.2) is 0 Å². The van der Waals surface area contributed by atoms with Crippen molar-refractivity contribution in [2.45, 2.75) is 12.5 Å². The second-order valence-electron chi connectivity index (χ2n) is 5.41. The first-order valence-electron chi connectivity index (χ1n) is 7.27. The zero-order valence-corrected chi connectivity index (χ0v) is 11.7. The van der Waals surface area contributed by atoms with Gasteiger partial charge in [0.1, 0.15) is 0 Å². The zero-order chi connectivity index (χ0) is 12.6. The fraction of sp³-hybridized carbons (Fsp3) is 1.00. The molecule has 2 saturated heterocycles. The van der Waals surface area contributed by atoms with Gasteiger partial charge in [-0.05, 0) is 20.0 Å². The van der Waals surface area contributed by atoms with E-state index in [-0.39, 0.29) is 0 Å². The zero-order valence-electron chi connectivity index (χ0n) is 11.7. The molecule has 2 rings (SSSR count). The van der Waals surface area contributed by atoms with E-state index in [0.29, 0.717) is 6.04 Å². The van der Waals surface area contributed by atoms with E-state index in [1.165, 1.54) is 19.5 Å². The van der Waals surface area contributed by atoms with Crippen LogP contribution in [0.4, 0.5) is 0 Å². The Morgan fingerprint density at radius 1 is 1.22 bits per heavy atom. The van der Waals surface area contributed by atoms with E-state index in [9.17, 15) is 0 Å². The number of likely N-dealkylation sites (N-methyl/N-ethyl adjacent to an activating group) is 1. The Labute approximate surface area is 111 Å². The molecule has 106 valence electrons. The van der Waals surface area contributed by atoms with Gasteiger partial charge in [0.2, 0.25) is 0 Å². The van der Waals surface area contributed by atoms with Gasteiger partial charge in [-0.15, -0.1) is 0 Å². The molecule has 0 aromatic rings. The second-order valence-corrected chi connectivity index (χ2v) is 5.41. The molecule has 1 atom stereocenters. The first kappa shape index (κ1) is 14.2. The number of hydrogen-bond donors (Lipinski definition) is 2. The fourth-order valence-electron chi connectivity index (χ4n) is 2.65. The standard InChI is InChI=1S/C13H28N4O/c1-16-6-5-15-13(12-16)2-3-14-4-7-17-8-10-18-11-9-17/h13-15H,2-12H2,1H3. The third-order valence-electron chi connectivity index (χ3n) is 3.84. The molecule has 2 fully saturated rings. The highest BCUT2D eigenvalue weighted by Gasteiger charge is 2.15. The topological polar surface area (TPSA) is 39.8 Å². The smallest absolute Gasteiger partial charge is 0.0594 e. The van der Waals surface area contributed by atoms with E-state index in [0.717, 1.165) is 52.5 Å². The van der Waals surface area contributed by atoms with Gasteiger partial charge in [-0.1, -0.05) is 0 Å². The number of piperazine rings is 1. The first-order valence-corrected chi connectivity index (χ1v) is 7.27. The van der Waals surface area contributed by atoms with Gasteiger partial charge in [-0.3, -0.25) is 4.90 Å². The van der Waals surface area contributed by atoms with E-state index < -0.39 is 0 Å². The van der Waals surface area contributed by atoms with Crippen molar-refractivity contribution in [1.82, 2.24) is 20.4 Å². The average Bonchev–Trinajstić information content (AvgIpc) is 2.40. The third-order valence-corrected chi connectivity index (χ3v) is 3.84. The fourth-order valence-corrected chi connectivity index (χ4v) is 2.65. The van der Waals surface area contributed by atoms with Crippen LogP contribution < -0.4 is 10.6 Å². The summed E-state index contributed by atoms with van der Waals surface area (Å²) >= 11 is 0. The SMILES string of the molecule is CN1CCNC(CCNCCN2CCOCC2)C1. The molecular weight excluding hydrogens is 228 g/mol. The molecule has 0 aliphatic carbocycles. The molecule has 18 heavy (non-hydrogen) atoms. The third kappa shape index (κ3) is 5.20. The monoisotopic (exact) mass is 256 g/mol.